The zero-order valence-corrected chi connectivity index (χ0v) is 24.4. The van der Waals surface area contributed by atoms with E-state index in [0.29, 0.717) is 11.8 Å². The molecule has 6 nitrogen and oxygen atoms in total. The monoisotopic (exact) mass is 598 g/mol. The molecular weight excluding hydrogens is 568 g/mol. The molecular formula is C40H30N4O2. The molecule has 9 rings (SSSR count). The molecule has 3 aromatic heterocycles. The Morgan fingerprint density at radius 2 is 0.913 bits per heavy atom. The summed E-state index contributed by atoms with van der Waals surface area (Å²) in [6.45, 7) is 0. The highest BCUT2D eigenvalue weighted by Gasteiger charge is 2.19. The molecule has 0 saturated heterocycles. The summed E-state index contributed by atoms with van der Waals surface area (Å²) >= 11 is 0. The Bertz CT molecular complexity index is 2310. The maximum atomic E-state index is 6.35. The van der Waals surface area contributed by atoms with Crippen molar-refractivity contribution in [3.8, 4) is 40.0 Å². The quantitative estimate of drug-likeness (QED) is 0.198. The Labute approximate surface area is 265 Å². The smallest absolute Gasteiger partial charge is 0.248 e. The van der Waals surface area contributed by atoms with E-state index in [-0.39, 0.29) is 7.43 Å². The molecule has 0 amide bonds. The van der Waals surface area contributed by atoms with Gasteiger partial charge in [-0.15, -0.1) is 10.2 Å². The van der Waals surface area contributed by atoms with Gasteiger partial charge in [0.15, 0.2) is 0 Å². The van der Waals surface area contributed by atoms with Gasteiger partial charge in [0.1, 0.15) is 5.75 Å². The Morgan fingerprint density at radius 1 is 0.478 bits per heavy atom. The van der Waals surface area contributed by atoms with Gasteiger partial charge in [-0.25, -0.2) is 0 Å². The molecule has 0 fully saturated rings. The topological polar surface area (TPSA) is 58.0 Å². The van der Waals surface area contributed by atoms with E-state index in [2.05, 4.69) is 135 Å². The Kier molecular flexibility index (Phi) is 6.43. The van der Waals surface area contributed by atoms with Crippen molar-refractivity contribution >= 4 is 43.6 Å². The number of aromatic nitrogens is 4. The minimum Gasteiger partial charge on any atom is -0.497 e. The molecule has 6 heteroatoms. The maximum absolute atomic E-state index is 6.35. The highest BCUT2D eigenvalue weighted by molar-refractivity contribution is 6.10. The van der Waals surface area contributed by atoms with E-state index in [4.69, 9.17) is 9.15 Å². The van der Waals surface area contributed by atoms with Gasteiger partial charge in [-0.05, 0) is 60.7 Å². The van der Waals surface area contributed by atoms with Gasteiger partial charge in [0.2, 0.25) is 11.8 Å². The van der Waals surface area contributed by atoms with Gasteiger partial charge in [-0.1, -0.05) is 86.3 Å². The van der Waals surface area contributed by atoms with Gasteiger partial charge >= 0.3 is 0 Å². The zero-order chi connectivity index (χ0) is 29.9. The molecule has 46 heavy (non-hydrogen) atoms. The first-order chi connectivity index (χ1) is 22.3. The zero-order valence-electron chi connectivity index (χ0n) is 24.4. The van der Waals surface area contributed by atoms with E-state index < -0.39 is 0 Å². The second-order valence-electron chi connectivity index (χ2n) is 11.1. The summed E-state index contributed by atoms with van der Waals surface area (Å²) in [5, 5.41) is 13.8. The fourth-order valence-electron chi connectivity index (χ4n) is 6.59. The molecule has 0 unspecified atom stereocenters. The van der Waals surface area contributed by atoms with Crippen LogP contribution in [0.2, 0.25) is 0 Å². The van der Waals surface area contributed by atoms with E-state index in [1.54, 1.807) is 7.11 Å². The average Bonchev–Trinajstić information content (AvgIpc) is 3.81. The van der Waals surface area contributed by atoms with E-state index in [1.807, 2.05) is 24.3 Å². The highest BCUT2D eigenvalue weighted by Crippen LogP contribution is 2.38. The van der Waals surface area contributed by atoms with Crippen LogP contribution in [0.25, 0.3) is 77.9 Å². The molecule has 0 radical (unpaired) electrons. The van der Waals surface area contributed by atoms with Crippen molar-refractivity contribution in [2.45, 2.75) is 7.43 Å². The average molecular weight is 599 g/mol. The van der Waals surface area contributed by atoms with Crippen LogP contribution in [-0.4, -0.2) is 26.4 Å². The minimum atomic E-state index is 0. The molecule has 0 aliphatic carbocycles. The van der Waals surface area contributed by atoms with Crippen LogP contribution >= 0.6 is 0 Å². The number of hydrogen-bond acceptors (Lipinski definition) is 4. The van der Waals surface area contributed by atoms with E-state index in [0.717, 1.165) is 50.3 Å². The molecule has 9 aromatic rings. The predicted octanol–water partition coefficient (Wildman–Crippen LogP) is 10.2. The van der Waals surface area contributed by atoms with Crippen molar-refractivity contribution in [3.63, 3.8) is 0 Å². The lowest BCUT2D eigenvalue weighted by atomic mass is 10.1. The summed E-state index contributed by atoms with van der Waals surface area (Å²) in [4.78, 5) is 0. The van der Waals surface area contributed by atoms with E-state index >= 15 is 0 Å². The number of methoxy groups -OCH3 is 1. The number of para-hydroxylation sites is 4. The molecule has 0 bridgehead atoms. The van der Waals surface area contributed by atoms with Gasteiger partial charge in [0, 0.05) is 44.0 Å². The van der Waals surface area contributed by atoms with Crippen LogP contribution in [0.1, 0.15) is 7.43 Å². The third-order valence-corrected chi connectivity index (χ3v) is 8.57. The second-order valence-corrected chi connectivity index (χ2v) is 11.1. The summed E-state index contributed by atoms with van der Waals surface area (Å²) < 4.78 is 16.4. The summed E-state index contributed by atoms with van der Waals surface area (Å²) in [6, 6.07) is 48.4. The van der Waals surface area contributed by atoms with Crippen LogP contribution < -0.4 is 4.74 Å². The number of hydrogen-bond donors (Lipinski definition) is 0. The molecule has 0 atom stereocenters. The van der Waals surface area contributed by atoms with E-state index in [1.165, 1.54) is 21.5 Å². The number of ether oxygens (including phenoxy) is 1. The summed E-state index contributed by atoms with van der Waals surface area (Å²) in [6.07, 6.45) is 0. The predicted molar refractivity (Wildman–Crippen MR) is 187 cm³/mol. The second kappa shape index (κ2) is 10.8. The lowest BCUT2D eigenvalue weighted by Gasteiger charge is -2.14. The van der Waals surface area contributed by atoms with Gasteiger partial charge in [-0.2, -0.15) is 0 Å². The fourth-order valence-corrected chi connectivity index (χ4v) is 6.59. The molecule has 0 saturated carbocycles. The number of nitrogens with zero attached hydrogens (tertiary/aromatic N) is 4. The van der Waals surface area contributed by atoms with Crippen LogP contribution in [0.15, 0.2) is 144 Å². The third kappa shape index (κ3) is 4.19. The third-order valence-electron chi connectivity index (χ3n) is 8.57. The van der Waals surface area contributed by atoms with Crippen LogP contribution in [0.4, 0.5) is 0 Å². The van der Waals surface area contributed by atoms with Crippen LogP contribution in [0, 0.1) is 0 Å². The standard InChI is InChI=1S/C39H26N4O2.CH4/c1-44-29-12-10-11-25(23-29)38-40-41-39(45-38)26-21-27(42-34-17-6-2-13-30(34)31-14-3-7-18-35(31)42)24-28(22-26)43-36-19-8-4-15-32(36)33-16-5-9-20-37(33)43;/h2-24H,1H3;1H4. The molecule has 3 heterocycles. The highest BCUT2D eigenvalue weighted by atomic mass is 16.5. The number of rotatable bonds is 5. The summed E-state index contributed by atoms with van der Waals surface area (Å²) in [5.41, 5.74) is 8.16. The maximum Gasteiger partial charge on any atom is 0.248 e. The van der Waals surface area contributed by atoms with Crippen molar-refractivity contribution < 1.29 is 9.15 Å². The summed E-state index contributed by atoms with van der Waals surface area (Å²) in [5.74, 6) is 1.61. The molecule has 0 N–H and O–H groups in total. The van der Waals surface area contributed by atoms with Crippen LogP contribution in [-0.2, 0) is 0 Å². The Morgan fingerprint density at radius 3 is 1.37 bits per heavy atom. The fraction of sp³-hybridized carbons (Fsp3) is 0.0500. The number of benzene rings is 6. The lowest BCUT2D eigenvalue weighted by molar-refractivity contribution is 0.415. The van der Waals surface area contributed by atoms with Gasteiger partial charge < -0.3 is 18.3 Å². The lowest BCUT2D eigenvalue weighted by Crippen LogP contribution is -2.00. The van der Waals surface area contributed by atoms with Crippen molar-refractivity contribution in [1.29, 1.82) is 0 Å². The molecule has 6 aromatic carbocycles. The van der Waals surface area contributed by atoms with Gasteiger partial charge in [-0.3, -0.25) is 0 Å². The molecule has 0 aliphatic heterocycles. The molecule has 222 valence electrons. The Hall–Kier alpha value is -6.14. The Balaban J connectivity index is 0.00000312. The molecule has 0 spiro atoms. The van der Waals surface area contributed by atoms with Crippen molar-refractivity contribution in [2.24, 2.45) is 0 Å². The van der Waals surface area contributed by atoms with Crippen LogP contribution in [0.5, 0.6) is 5.75 Å². The number of fused-ring (bicyclic) bond motifs is 6. The largest absolute Gasteiger partial charge is 0.497 e. The van der Waals surface area contributed by atoms with Crippen molar-refractivity contribution in [2.75, 3.05) is 7.11 Å². The van der Waals surface area contributed by atoms with Crippen LogP contribution in [0.3, 0.4) is 0 Å². The first kappa shape index (κ1) is 27.4. The van der Waals surface area contributed by atoms with Gasteiger partial charge in [0.05, 0.1) is 29.2 Å². The van der Waals surface area contributed by atoms with Crippen molar-refractivity contribution in [3.05, 3.63) is 140 Å². The first-order valence-electron chi connectivity index (χ1n) is 14.9. The minimum absolute atomic E-state index is 0. The van der Waals surface area contributed by atoms with E-state index in [9.17, 15) is 0 Å². The molecule has 0 aliphatic rings. The van der Waals surface area contributed by atoms with Crippen molar-refractivity contribution in [1.82, 2.24) is 19.3 Å². The van der Waals surface area contributed by atoms with Gasteiger partial charge in [0.25, 0.3) is 0 Å². The first-order valence-corrected chi connectivity index (χ1v) is 14.9. The normalized spacial score (nSPS) is 11.4. The summed E-state index contributed by atoms with van der Waals surface area (Å²) in [7, 11) is 1.65. The SMILES string of the molecule is C.COc1cccc(-c2nnc(-c3cc(-n4c5ccccc5c5ccccc54)cc(-n4c5ccccc5c5ccccc54)c3)o2)c1.